The lowest BCUT2D eigenvalue weighted by Crippen LogP contribution is -2.45. The molecule has 1 aliphatic rings. The standard InChI is InChI=1S/C9H12F2O3S2/c1-2-14-8(13)9(10,11)7(12)6-5-15-3-4-16-6/h6H,2-5H2,1H3. The van der Waals surface area contributed by atoms with E-state index in [0.717, 1.165) is 5.75 Å². The van der Waals surface area contributed by atoms with Crippen LogP contribution >= 0.6 is 23.5 Å². The van der Waals surface area contributed by atoms with Crippen molar-refractivity contribution in [3.05, 3.63) is 0 Å². The average molecular weight is 270 g/mol. The summed E-state index contributed by atoms with van der Waals surface area (Å²) in [6, 6.07) is 0. The van der Waals surface area contributed by atoms with E-state index in [0.29, 0.717) is 11.5 Å². The van der Waals surface area contributed by atoms with Gasteiger partial charge >= 0.3 is 11.9 Å². The molecule has 1 saturated heterocycles. The number of hydrogen-bond acceptors (Lipinski definition) is 5. The Bertz CT molecular complexity index is 278. The van der Waals surface area contributed by atoms with Crippen LogP contribution in [0, 0.1) is 0 Å². The van der Waals surface area contributed by atoms with E-state index in [1.807, 2.05) is 0 Å². The van der Waals surface area contributed by atoms with E-state index in [9.17, 15) is 18.4 Å². The lowest BCUT2D eigenvalue weighted by Gasteiger charge is -2.23. The zero-order chi connectivity index (χ0) is 12.2. The van der Waals surface area contributed by atoms with Crippen molar-refractivity contribution < 1.29 is 23.1 Å². The summed E-state index contributed by atoms with van der Waals surface area (Å²) in [5.74, 6) is -5.25. The summed E-state index contributed by atoms with van der Waals surface area (Å²) in [7, 11) is 0. The Labute approximate surface area is 101 Å². The van der Waals surface area contributed by atoms with Crippen molar-refractivity contribution in [2.24, 2.45) is 0 Å². The summed E-state index contributed by atoms with van der Waals surface area (Å²) in [6.45, 7) is 1.26. The first-order chi connectivity index (χ1) is 7.50. The minimum Gasteiger partial charge on any atom is -0.461 e. The van der Waals surface area contributed by atoms with Crippen LogP contribution < -0.4 is 0 Å². The first-order valence-corrected chi connectivity index (χ1v) is 6.99. The van der Waals surface area contributed by atoms with Gasteiger partial charge in [0.15, 0.2) is 0 Å². The Balaban J connectivity index is 2.66. The largest absolute Gasteiger partial charge is 0.461 e. The van der Waals surface area contributed by atoms with Gasteiger partial charge in [0.25, 0.3) is 0 Å². The van der Waals surface area contributed by atoms with Gasteiger partial charge in [0.05, 0.1) is 11.9 Å². The summed E-state index contributed by atoms with van der Waals surface area (Å²) < 4.78 is 30.9. The third-order valence-corrected chi connectivity index (χ3v) is 4.70. The highest BCUT2D eigenvalue weighted by Crippen LogP contribution is 2.30. The zero-order valence-corrected chi connectivity index (χ0v) is 10.3. The topological polar surface area (TPSA) is 43.4 Å². The maximum Gasteiger partial charge on any atom is 0.400 e. The lowest BCUT2D eigenvalue weighted by atomic mass is 10.1. The number of ketones is 1. The third-order valence-electron chi connectivity index (χ3n) is 1.95. The minimum atomic E-state index is -4.01. The molecule has 0 amide bonds. The second-order valence-electron chi connectivity index (χ2n) is 3.09. The highest BCUT2D eigenvalue weighted by atomic mass is 32.2. The number of carbonyl (C=O) groups is 2. The normalized spacial score (nSPS) is 21.6. The fraction of sp³-hybridized carbons (Fsp3) is 0.778. The number of ether oxygens (including phenoxy) is 1. The van der Waals surface area contributed by atoms with E-state index in [-0.39, 0.29) is 6.61 Å². The quantitative estimate of drug-likeness (QED) is 0.573. The number of hydrogen-bond donors (Lipinski definition) is 0. The van der Waals surface area contributed by atoms with Gasteiger partial charge in [-0.25, -0.2) is 4.79 Å². The van der Waals surface area contributed by atoms with Crippen molar-refractivity contribution >= 4 is 35.3 Å². The molecule has 0 spiro atoms. The summed E-state index contributed by atoms with van der Waals surface area (Å²) in [6.07, 6.45) is 0. The zero-order valence-electron chi connectivity index (χ0n) is 8.70. The minimum absolute atomic E-state index is 0.158. The number of rotatable bonds is 4. The highest BCUT2D eigenvalue weighted by molar-refractivity contribution is 8.07. The highest BCUT2D eigenvalue weighted by Gasteiger charge is 2.51. The van der Waals surface area contributed by atoms with E-state index >= 15 is 0 Å². The predicted molar refractivity (Wildman–Crippen MR) is 60.2 cm³/mol. The fourth-order valence-electron chi connectivity index (χ4n) is 1.16. The van der Waals surface area contributed by atoms with Crippen LogP contribution in [-0.4, -0.2) is 46.8 Å². The van der Waals surface area contributed by atoms with E-state index in [1.54, 1.807) is 0 Å². The van der Waals surface area contributed by atoms with Crippen molar-refractivity contribution in [2.75, 3.05) is 23.9 Å². The van der Waals surface area contributed by atoms with Crippen LogP contribution in [0.4, 0.5) is 8.78 Å². The van der Waals surface area contributed by atoms with Crippen LogP contribution in [0.2, 0.25) is 0 Å². The number of esters is 1. The Morgan fingerprint density at radius 2 is 2.12 bits per heavy atom. The Hall–Kier alpha value is -0.300. The molecule has 0 saturated carbocycles. The van der Waals surface area contributed by atoms with E-state index < -0.39 is 22.9 Å². The van der Waals surface area contributed by atoms with Crippen LogP contribution in [0.15, 0.2) is 0 Å². The monoisotopic (exact) mass is 270 g/mol. The number of Topliss-reactive ketones (excluding diaryl/α,β-unsaturated/α-hetero) is 1. The molecule has 16 heavy (non-hydrogen) atoms. The van der Waals surface area contributed by atoms with Crippen LogP contribution in [0.5, 0.6) is 0 Å². The maximum absolute atomic E-state index is 13.3. The van der Waals surface area contributed by atoms with E-state index in [2.05, 4.69) is 4.74 Å². The van der Waals surface area contributed by atoms with Crippen LogP contribution in [0.25, 0.3) is 0 Å². The molecule has 0 aromatic heterocycles. The molecule has 1 unspecified atom stereocenters. The number of alkyl halides is 2. The molecule has 0 aliphatic carbocycles. The first-order valence-electron chi connectivity index (χ1n) is 4.78. The fourth-order valence-corrected chi connectivity index (χ4v) is 3.81. The summed E-state index contributed by atoms with van der Waals surface area (Å²) in [4.78, 5) is 22.4. The third kappa shape index (κ3) is 3.10. The number of thioether (sulfide) groups is 2. The molecule has 0 N–H and O–H groups in total. The molecule has 3 nitrogen and oxygen atoms in total. The molecule has 1 aliphatic heterocycles. The molecule has 0 radical (unpaired) electrons. The van der Waals surface area contributed by atoms with Gasteiger partial charge in [-0.3, -0.25) is 4.79 Å². The van der Waals surface area contributed by atoms with Crippen molar-refractivity contribution in [3.8, 4) is 0 Å². The van der Waals surface area contributed by atoms with Crippen molar-refractivity contribution in [1.82, 2.24) is 0 Å². The van der Waals surface area contributed by atoms with Gasteiger partial charge in [-0.2, -0.15) is 20.5 Å². The second kappa shape index (κ2) is 5.86. The van der Waals surface area contributed by atoms with Gasteiger partial charge in [-0.05, 0) is 6.92 Å². The number of carbonyl (C=O) groups excluding carboxylic acids is 2. The average Bonchev–Trinajstić information content (AvgIpc) is 2.29. The predicted octanol–water partition coefficient (Wildman–Crippen LogP) is 1.60. The SMILES string of the molecule is CCOC(=O)C(F)(F)C(=O)C1CSCCS1. The van der Waals surface area contributed by atoms with Gasteiger partial charge in [0.1, 0.15) is 0 Å². The van der Waals surface area contributed by atoms with Crippen molar-refractivity contribution in [3.63, 3.8) is 0 Å². The van der Waals surface area contributed by atoms with Crippen LogP contribution in [0.3, 0.4) is 0 Å². The molecular formula is C9H12F2O3S2. The molecule has 0 aromatic carbocycles. The number of halogens is 2. The Kier molecular flexibility index (Phi) is 5.04. The molecule has 1 fully saturated rings. The van der Waals surface area contributed by atoms with Gasteiger partial charge in [-0.1, -0.05) is 0 Å². The molecule has 1 heterocycles. The summed E-state index contributed by atoms with van der Waals surface area (Å²) >= 11 is 2.62. The van der Waals surface area contributed by atoms with Gasteiger partial charge in [0.2, 0.25) is 5.78 Å². The van der Waals surface area contributed by atoms with Gasteiger partial charge in [-0.15, -0.1) is 11.8 Å². The Morgan fingerprint density at radius 1 is 1.44 bits per heavy atom. The lowest BCUT2D eigenvalue weighted by molar-refractivity contribution is -0.176. The summed E-state index contributed by atoms with van der Waals surface area (Å²) in [5.41, 5.74) is 0. The van der Waals surface area contributed by atoms with Gasteiger partial charge in [0, 0.05) is 17.3 Å². The molecular weight excluding hydrogens is 258 g/mol. The molecule has 7 heteroatoms. The molecule has 0 bridgehead atoms. The van der Waals surface area contributed by atoms with E-state index in [4.69, 9.17) is 0 Å². The van der Waals surface area contributed by atoms with E-state index in [1.165, 1.54) is 30.4 Å². The van der Waals surface area contributed by atoms with Crippen LogP contribution in [-0.2, 0) is 14.3 Å². The molecule has 92 valence electrons. The van der Waals surface area contributed by atoms with Crippen LogP contribution in [0.1, 0.15) is 6.92 Å². The second-order valence-corrected chi connectivity index (χ2v) is 5.55. The Morgan fingerprint density at radius 3 is 2.62 bits per heavy atom. The molecule has 0 aromatic rings. The smallest absolute Gasteiger partial charge is 0.400 e. The summed E-state index contributed by atoms with van der Waals surface area (Å²) in [5, 5.41) is -0.807. The molecule has 1 rings (SSSR count). The molecule has 1 atom stereocenters. The van der Waals surface area contributed by atoms with Gasteiger partial charge < -0.3 is 4.74 Å². The first kappa shape index (κ1) is 13.8. The van der Waals surface area contributed by atoms with Crippen molar-refractivity contribution in [1.29, 1.82) is 0 Å². The van der Waals surface area contributed by atoms with Crippen molar-refractivity contribution in [2.45, 2.75) is 18.1 Å². The maximum atomic E-state index is 13.3.